The zero-order chi connectivity index (χ0) is 17.1. The first-order chi connectivity index (χ1) is 11.6. The molecule has 1 aliphatic rings. The molecule has 3 rings (SSSR count). The normalized spacial score (nSPS) is 19.7. The molecule has 0 heterocycles. The summed E-state index contributed by atoms with van der Waals surface area (Å²) in [5.74, 6) is 2.20. The third kappa shape index (κ3) is 3.64. The van der Waals surface area contributed by atoms with Crippen molar-refractivity contribution in [2.24, 2.45) is 10.7 Å². The Bertz CT molecular complexity index is 764. The number of ether oxygens (including phenoxy) is 2. The molecule has 0 radical (unpaired) electrons. The Morgan fingerprint density at radius 3 is 2.71 bits per heavy atom. The van der Waals surface area contributed by atoms with E-state index in [4.69, 9.17) is 15.2 Å². The van der Waals surface area contributed by atoms with Crippen molar-refractivity contribution in [3.63, 3.8) is 0 Å². The molecule has 1 fully saturated rings. The van der Waals surface area contributed by atoms with Crippen LogP contribution in [-0.2, 0) is 0 Å². The minimum absolute atomic E-state index is 0.202. The standard InChI is InChI=1S/C18H20BrN3O2/c1-23-11-7-8-17(24-2)16(9-11)22-18(20)21-15-10-13(15)12-5-3-4-6-14(12)19/h3-9,13,15H,10H2,1-2H3,(H3,20,21,22)/t13-,15+/m0/s1. The average Bonchev–Trinajstić information content (AvgIpc) is 3.33. The van der Waals surface area contributed by atoms with Gasteiger partial charge in [0, 0.05) is 16.5 Å². The Morgan fingerprint density at radius 1 is 1.21 bits per heavy atom. The van der Waals surface area contributed by atoms with Gasteiger partial charge >= 0.3 is 0 Å². The van der Waals surface area contributed by atoms with Crippen LogP contribution in [0.4, 0.5) is 5.69 Å². The predicted molar refractivity (Wildman–Crippen MR) is 100 cm³/mol. The molecule has 126 valence electrons. The minimum atomic E-state index is 0.202. The van der Waals surface area contributed by atoms with E-state index in [2.05, 4.69) is 38.4 Å². The van der Waals surface area contributed by atoms with E-state index in [0.29, 0.717) is 17.6 Å². The number of nitrogens with zero attached hydrogens (tertiary/aromatic N) is 1. The number of nitrogens with two attached hydrogens (primary N) is 1. The van der Waals surface area contributed by atoms with E-state index in [1.807, 2.05) is 30.3 Å². The lowest BCUT2D eigenvalue weighted by Gasteiger charge is -2.12. The van der Waals surface area contributed by atoms with Gasteiger partial charge < -0.3 is 20.5 Å². The highest BCUT2D eigenvalue weighted by atomic mass is 79.9. The minimum Gasteiger partial charge on any atom is -0.497 e. The summed E-state index contributed by atoms with van der Waals surface area (Å²) in [4.78, 5) is 4.58. The number of hydrogen-bond donors (Lipinski definition) is 2. The maximum Gasteiger partial charge on any atom is 0.193 e. The van der Waals surface area contributed by atoms with Gasteiger partial charge in [-0.05, 0) is 30.2 Å². The van der Waals surface area contributed by atoms with E-state index in [1.165, 1.54) is 5.56 Å². The molecule has 2 aromatic rings. The van der Waals surface area contributed by atoms with Gasteiger partial charge in [0.1, 0.15) is 11.5 Å². The number of anilines is 1. The lowest BCUT2D eigenvalue weighted by Crippen LogP contribution is -2.23. The van der Waals surface area contributed by atoms with Crippen LogP contribution in [-0.4, -0.2) is 26.2 Å². The fraction of sp³-hybridized carbons (Fsp3) is 0.278. The topological polar surface area (TPSA) is 68.9 Å². The molecule has 5 nitrogen and oxygen atoms in total. The molecule has 2 atom stereocenters. The molecule has 0 amide bonds. The molecule has 0 aromatic heterocycles. The van der Waals surface area contributed by atoms with Crippen molar-refractivity contribution in [3.8, 4) is 11.5 Å². The van der Waals surface area contributed by atoms with Crippen LogP contribution < -0.4 is 20.5 Å². The number of halogens is 1. The highest BCUT2D eigenvalue weighted by Crippen LogP contribution is 2.46. The summed E-state index contributed by atoms with van der Waals surface area (Å²) in [6.07, 6.45) is 1.00. The van der Waals surface area contributed by atoms with Crippen LogP contribution in [0.2, 0.25) is 0 Å². The molecule has 2 aromatic carbocycles. The van der Waals surface area contributed by atoms with Gasteiger partial charge in [0.2, 0.25) is 0 Å². The lowest BCUT2D eigenvalue weighted by molar-refractivity contribution is 0.405. The number of rotatable bonds is 5. The summed E-state index contributed by atoms with van der Waals surface area (Å²) < 4.78 is 11.7. The van der Waals surface area contributed by atoms with E-state index >= 15 is 0 Å². The molecule has 0 unspecified atom stereocenters. The van der Waals surface area contributed by atoms with Gasteiger partial charge in [0.25, 0.3) is 0 Å². The second-order valence-corrected chi connectivity index (χ2v) is 6.49. The van der Waals surface area contributed by atoms with Gasteiger partial charge in [0.15, 0.2) is 5.96 Å². The number of guanidine groups is 1. The van der Waals surface area contributed by atoms with Gasteiger partial charge in [-0.3, -0.25) is 0 Å². The smallest absolute Gasteiger partial charge is 0.193 e. The zero-order valence-electron chi connectivity index (χ0n) is 13.6. The molecule has 3 N–H and O–H groups in total. The summed E-state index contributed by atoms with van der Waals surface area (Å²) >= 11 is 3.59. The lowest BCUT2D eigenvalue weighted by atomic mass is 10.1. The van der Waals surface area contributed by atoms with Crippen molar-refractivity contribution in [3.05, 3.63) is 52.5 Å². The van der Waals surface area contributed by atoms with Crippen LogP contribution in [0, 0.1) is 0 Å². The average molecular weight is 390 g/mol. The van der Waals surface area contributed by atoms with Crippen LogP contribution in [0.15, 0.2) is 51.9 Å². The molecule has 0 aliphatic heterocycles. The van der Waals surface area contributed by atoms with Crippen molar-refractivity contribution in [2.45, 2.75) is 18.4 Å². The maximum atomic E-state index is 6.07. The van der Waals surface area contributed by atoms with E-state index in [1.54, 1.807) is 14.2 Å². The van der Waals surface area contributed by atoms with E-state index in [-0.39, 0.29) is 6.04 Å². The molecule has 0 spiro atoms. The first-order valence-electron chi connectivity index (χ1n) is 7.69. The molecular formula is C18H20BrN3O2. The Morgan fingerprint density at radius 2 is 2.00 bits per heavy atom. The highest BCUT2D eigenvalue weighted by molar-refractivity contribution is 9.10. The van der Waals surface area contributed by atoms with Crippen LogP contribution in [0.1, 0.15) is 17.9 Å². The SMILES string of the molecule is COc1ccc(OC)c(NC(N)=N[C@@H]2C[C@H]2c2ccccc2Br)c1. The van der Waals surface area contributed by atoms with Crippen LogP contribution in [0.5, 0.6) is 11.5 Å². The van der Waals surface area contributed by atoms with Gasteiger partial charge in [-0.2, -0.15) is 0 Å². The second-order valence-electron chi connectivity index (χ2n) is 5.64. The second kappa shape index (κ2) is 7.13. The number of aliphatic imine (C=N–C) groups is 1. The van der Waals surface area contributed by atoms with Gasteiger partial charge in [0.05, 0.1) is 25.9 Å². The number of benzene rings is 2. The van der Waals surface area contributed by atoms with Gasteiger partial charge in [-0.15, -0.1) is 0 Å². The van der Waals surface area contributed by atoms with Crippen molar-refractivity contribution in [1.29, 1.82) is 0 Å². The highest BCUT2D eigenvalue weighted by Gasteiger charge is 2.39. The third-order valence-corrected chi connectivity index (χ3v) is 4.76. The maximum absolute atomic E-state index is 6.07. The zero-order valence-corrected chi connectivity index (χ0v) is 15.2. The first kappa shape index (κ1) is 16.6. The Balaban J connectivity index is 1.71. The van der Waals surface area contributed by atoms with Gasteiger partial charge in [-0.25, -0.2) is 4.99 Å². The molecule has 6 heteroatoms. The number of nitrogens with one attached hydrogen (secondary N) is 1. The molecule has 0 saturated heterocycles. The van der Waals surface area contributed by atoms with Gasteiger partial charge in [-0.1, -0.05) is 34.1 Å². The molecule has 1 aliphatic carbocycles. The summed E-state index contributed by atoms with van der Waals surface area (Å²) in [6.45, 7) is 0. The molecule has 24 heavy (non-hydrogen) atoms. The summed E-state index contributed by atoms with van der Waals surface area (Å²) in [5, 5.41) is 3.11. The van der Waals surface area contributed by atoms with Crippen LogP contribution >= 0.6 is 15.9 Å². The Kier molecular flexibility index (Phi) is 4.94. The van der Waals surface area contributed by atoms with Crippen molar-refractivity contribution in [2.75, 3.05) is 19.5 Å². The van der Waals surface area contributed by atoms with Crippen molar-refractivity contribution in [1.82, 2.24) is 0 Å². The van der Waals surface area contributed by atoms with Crippen LogP contribution in [0.25, 0.3) is 0 Å². The molecule has 0 bridgehead atoms. The van der Waals surface area contributed by atoms with E-state index in [0.717, 1.165) is 22.3 Å². The number of methoxy groups -OCH3 is 2. The largest absolute Gasteiger partial charge is 0.497 e. The Hall–Kier alpha value is -2.21. The summed E-state index contributed by atoms with van der Waals surface area (Å²) in [6, 6.07) is 13.9. The van der Waals surface area contributed by atoms with Crippen molar-refractivity contribution < 1.29 is 9.47 Å². The fourth-order valence-corrected chi connectivity index (χ4v) is 3.27. The molecule has 1 saturated carbocycles. The fourth-order valence-electron chi connectivity index (χ4n) is 2.69. The quantitative estimate of drug-likeness (QED) is 0.603. The number of hydrogen-bond acceptors (Lipinski definition) is 3. The molecular weight excluding hydrogens is 370 g/mol. The Labute approximate surface area is 150 Å². The van der Waals surface area contributed by atoms with Crippen LogP contribution in [0.3, 0.4) is 0 Å². The summed E-state index contributed by atoms with van der Waals surface area (Å²) in [5.41, 5.74) is 8.08. The monoisotopic (exact) mass is 389 g/mol. The third-order valence-electron chi connectivity index (χ3n) is 4.04. The van der Waals surface area contributed by atoms with E-state index < -0.39 is 0 Å². The van der Waals surface area contributed by atoms with Crippen molar-refractivity contribution >= 4 is 27.6 Å². The van der Waals surface area contributed by atoms with E-state index in [9.17, 15) is 0 Å². The first-order valence-corrected chi connectivity index (χ1v) is 8.48. The summed E-state index contributed by atoms with van der Waals surface area (Å²) in [7, 11) is 3.24. The predicted octanol–water partition coefficient (Wildman–Crippen LogP) is 3.75.